The van der Waals surface area contributed by atoms with Crippen LogP contribution in [0.1, 0.15) is 47.6 Å². The van der Waals surface area contributed by atoms with Gasteiger partial charge in [0.15, 0.2) is 0 Å². The number of amides is 1. The Morgan fingerprint density at radius 3 is 3.05 bits per heavy atom. The van der Waals surface area contributed by atoms with E-state index in [2.05, 4.69) is 10.3 Å². The molecule has 1 aromatic rings. The molecule has 0 atom stereocenters. The number of aromatic nitrogens is 1. The minimum absolute atomic E-state index is 0.106. The van der Waals surface area contributed by atoms with Crippen LogP contribution in [0.25, 0.3) is 0 Å². The summed E-state index contributed by atoms with van der Waals surface area (Å²) in [7, 11) is 0. The Bertz CT molecular complexity index is 416. The largest absolute Gasteiger partial charge is 0.378 e. The van der Waals surface area contributed by atoms with E-state index in [0.717, 1.165) is 24.5 Å². The van der Waals surface area contributed by atoms with Crippen LogP contribution in [0.15, 0.2) is 5.38 Å². The Hall–Kier alpha value is -0.980. The summed E-state index contributed by atoms with van der Waals surface area (Å²) in [5.74, 6) is -0.106. The molecule has 5 nitrogen and oxygen atoms in total. The van der Waals surface area contributed by atoms with Crippen LogP contribution in [-0.4, -0.2) is 36.7 Å². The highest BCUT2D eigenvalue weighted by molar-refractivity contribution is 7.09. The van der Waals surface area contributed by atoms with Crippen LogP contribution >= 0.6 is 11.3 Å². The zero-order chi connectivity index (χ0) is 14.2. The molecule has 1 saturated carbocycles. The summed E-state index contributed by atoms with van der Waals surface area (Å²) in [6.07, 6.45) is 6.98. The average molecular weight is 297 g/mol. The van der Waals surface area contributed by atoms with Crippen LogP contribution in [0.3, 0.4) is 0 Å². The molecule has 112 valence electrons. The summed E-state index contributed by atoms with van der Waals surface area (Å²) >= 11 is 1.49. The average Bonchev–Trinajstić information content (AvgIpc) is 3.10. The zero-order valence-electron chi connectivity index (χ0n) is 11.8. The van der Waals surface area contributed by atoms with Crippen LogP contribution in [0, 0.1) is 0 Å². The van der Waals surface area contributed by atoms with E-state index < -0.39 is 0 Å². The summed E-state index contributed by atoms with van der Waals surface area (Å²) in [5.41, 5.74) is 5.96. The first-order valence-electron chi connectivity index (χ1n) is 7.34. The van der Waals surface area contributed by atoms with Crippen molar-refractivity contribution in [3.63, 3.8) is 0 Å². The standard InChI is InChI=1S/C14H23N3O2S/c15-7-6-13-17-12(10-20-13)14(18)16-8-3-9-19-11-4-1-2-5-11/h10-11H,1-9,15H2,(H,16,18). The molecule has 1 fully saturated rings. The van der Waals surface area contributed by atoms with Gasteiger partial charge in [-0.3, -0.25) is 4.79 Å². The van der Waals surface area contributed by atoms with Gasteiger partial charge in [0.25, 0.3) is 5.91 Å². The van der Waals surface area contributed by atoms with Crippen molar-refractivity contribution in [3.05, 3.63) is 16.1 Å². The monoisotopic (exact) mass is 297 g/mol. The van der Waals surface area contributed by atoms with E-state index in [1.807, 2.05) is 0 Å². The van der Waals surface area contributed by atoms with Crippen LogP contribution in [0.5, 0.6) is 0 Å². The van der Waals surface area contributed by atoms with Crippen molar-refractivity contribution < 1.29 is 9.53 Å². The van der Waals surface area contributed by atoms with Gasteiger partial charge in [0, 0.05) is 25.0 Å². The van der Waals surface area contributed by atoms with Gasteiger partial charge in [0.2, 0.25) is 0 Å². The van der Waals surface area contributed by atoms with Crippen molar-refractivity contribution in [2.75, 3.05) is 19.7 Å². The van der Waals surface area contributed by atoms with Crippen molar-refractivity contribution in [1.29, 1.82) is 0 Å². The zero-order valence-corrected chi connectivity index (χ0v) is 12.6. The molecule has 1 aliphatic carbocycles. The molecule has 2 rings (SSSR count). The molecule has 0 spiro atoms. The third-order valence-corrected chi connectivity index (χ3v) is 4.31. The van der Waals surface area contributed by atoms with Crippen LogP contribution < -0.4 is 11.1 Å². The highest BCUT2D eigenvalue weighted by atomic mass is 32.1. The Morgan fingerprint density at radius 2 is 2.30 bits per heavy atom. The smallest absolute Gasteiger partial charge is 0.270 e. The first kappa shape index (κ1) is 15.4. The molecule has 0 aromatic carbocycles. The molecule has 0 radical (unpaired) electrons. The molecular formula is C14H23N3O2S. The topological polar surface area (TPSA) is 77.2 Å². The summed E-state index contributed by atoms with van der Waals surface area (Å²) in [6.45, 7) is 1.92. The lowest BCUT2D eigenvalue weighted by atomic mass is 10.3. The quantitative estimate of drug-likeness (QED) is 0.716. The molecule has 0 unspecified atom stereocenters. The van der Waals surface area contributed by atoms with E-state index in [0.29, 0.717) is 24.9 Å². The number of carbonyl (C=O) groups is 1. The van der Waals surface area contributed by atoms with E-state index in [9.17, 15) is 4.79 Å². The van der Waals surface area contributed by atoms with Gasteiger partial charge < -0.3 is 15.8 Å². The lowest BCUT2D eigenvalue weighted by Crippen LogP contribution is -2.26. The minimum atomic E-state index is -0.106. The van der Waals surface area contributed by atoms with Gasteiger partial charge in [0.1, 0.15) is 5.69 Å². The third kappa shape index (κ3) is 4.85. The summed E-state index contributed by atoms with van der Waals surface area (Å²) in [5, 5.41) is 5.58. The molecule has 0 saturated heterocycles. The van der Waals surface area contributed by atoms with E-state index in [1.54, 1.807) is 5.38 Å². The van der Waals surface area contributed by atoms with Gasteiger partial charge in [-0.1, -0.05) is 12.8 Å². The second-order valence-corrected chi connectivity index (χ2v) is 5.99. The second kappa shape index (κ2) is 8.34. The maximum Gasteiger partial charge on any atom is 0.270 e. The summed E-state index contributed by atoms with van der Waals surface area (Å²) < 4.78 is 5.75. The number of ether oxygens (including phenoxy) is 1. The van der Waals surface area contributed by atoms with Gasteiger partial charge in [-0.05, 0) is 25.8 Å². The SMILES string of the molecule is NCCc1nc(C(=O)NCCCOC2CCCC2)cs1. The van der Waals surface area contributed by atoms with Crippen molar-refractivity contribution in [1.82, 2.24) is 10.3 Å². The second-order valence-electron chi connectivity index (χ2n) is 5.05. The highest BCUT2D eigenvalue weighted by Gasteiger charge is 2.15. The number of nitrogens with zero attached hydrogens (tertiary/aromatic N) is 1. The Kier molecular flexibility index (Phi) is 6.42. The summed E-state index contributed by atoms with van der Waals surface area (Å²) in [6, 6.07) is 0. The van der Waals surface area contributed by atoms with Crippen LogP contribution in [-0.2, 0) is 11.2 Å². The number of nitrogens with two attached hydrogens (primary N) is 1. The normalized spacial score (nSPS) is 15.7. The lowest BCUT2D eigenvalue weighted by Gasteiger charge is -2.10. The Labute approximate surface area is 123 Å². The van der Waals surface area contributed by atoms with Crippen molar-refractivity contribution in [2.45, 2.75) is 44.6 Å². The number of hydrogen-bond acceptors (Lipinski definition) is 5. The summed E-state index contributed by atoms with van der Waals surface area (Å²) in [4.78, 5) is 16.1. The first-order valence-corrected chi connectivity index (χ1v) is 8.22. The Balaban J connectivity index is 1.59. The molecule has 0 aliphatic heterocycles. The Morgan fingerprint density at radius 1 is 1.50 bits per heavy atom. The fourth-order valence-electron chi connectivity index (χ4n) is 2.32. The number of rotatable bonds is 8. The number of carbonyl (C=O) groups excluding carboxylic acids is 1. The molecule has 1 aromatic heterocycles. The van der Waals surface area contributed by atoms with Crippen LogP contribution in [0.2, 0.25) is 0 Å². The molecule has 6 heteroatoms. The van der Waals surface area contributed by atoms with Gasteiger partial charge in [0.05, 0.1) is 11.1 Å². The van der Waals surface area contributed by atoms with Crippen molar-refractivity contribution >= 4 is 17.2 Å². The highest BCUT2D eigenvalue weighted by Crippen LogP contribution is 2.20. The first-order chi connectivity index (χ1) is 9.79. The molecule has 1 heterocycles. The number of thiazole rings is 1. The van der Waals surface area contributed by atoms with E-state index in [1.165, 1.54) is 37.0 Å². The van der Waals surface area contributed by atoms with E-state index >= 15 is 0 Å². The predicted molar refractivity (Wildman–Crippen MR) is 80.0 cm³/mol. The van der Waals surface area contributed by atoms with E-state index in [-0.39, 0.29) is 5.91 Å². The predicted octanol–water partition coefficient (Wildman–Crippen LogP) is 1.72. The molecule has 0 bridgehead atoms. The van der Waals surface area contributed by atoms with Crippen molar-refractivity contribution in [2.24, 2.45) is 5.73 Å². The molecule has 1 aliphatic rings. The molecular weight excluding hydrogens is 274 g/mol. The van der Waals surface area contributed by atoms with Gasteiger partial charge >= 0.3 is 0 Å². The number of hydrogen-bond donors (Lipinski definition) is 2. The van der Waals surface area contributed by atoms with Crippen molar-refractivity contribution in [3.8, 4) is 0 Å². The van der Waals surface area contributed by atoms with Gasteiger partial charge in [-0.25, -0.2) is 4.98 Å². The maximum atomic E-state index is 11.8. The maximum absolute atomic E-state index is 11.8. The third-order valence-electron chi connectivity index (χ3n) is 3.41. The molecule has 1 amide bonds. The van der Waals surface area contributed by atoms with Gasteiger partial charge in [-0.15, -0.1) is 11.3 Å². The van der Waals surface area contributed by atoms with E-state index in [4.69, 9.17) is 10.5 Å². The number of nitrogens with one attached hydrogen (secondary N) is 1. The fourth-order valence-corrected chi connectivity index (χ4v) is 3.12. The minimum Gasteiger partial charge on any atom is -0.378 e. The van der Waals surface area contributed by atoms with Crippen LogP contribution in [0.4, 0.5) is 0 Å². The fraction of sp³-hybridized carbons (Fsp3) is 0.714. The lowest BCUT2D eigenvalue weighted by molar-refractivity contribution is 0.0565. The van der Waals surface area contributed by atoms with Gasteiger partial charge in [-0.2, -0.15) is 0 Å². The molecule has 3 N–H and O–H groups in total. The molecule has 20 heavy (non-hydrogen) atoms.